The van der Waals surface area contributed by atoms with Crippen LogP contribution in [0, 0.1) is 6.92 Å². The predicted octanol–water partition coefficient (Wildman–Crippen LogP) is 3.28. The molecule has 2 aromatic rings. The number of anilines is 1. The van der Waals surface area contributed by atoms with E-state index >= 15 is 0 Å². The fraction of sp³-hybridized carbons (Fsp3) is 0.286. The highest BCUT2D eigenvalue weighted by Crippen LogP contribution is 2.16. The van der Waals surface area contributed by atoms with Gasteiger partial charge in [-0.05, 0) is 37.6 Å². The molecule has 106 valence electrons. The number of rotatable bonds is 6. The lowest BCUT2D eigenvalue weighted by Crippen LogP contribution is -2.13. The number of ether oxygens (including phenoxy) is 1. The normalized spacial score (nSPS) is 10.3. The van der Waals surface area contributed by atoms with Gasteiger partial charge in [0.2, 0.25) is 5.91 Å². The molecule has 0 aliphatic carbocycles. The summed E-state index contributed by atoms with van der Waals surface area (Å²) in [6.07, 6.45) is 2.75. The van der Waals surface area contributed by atoms with Crippen molar-refractivity contribution in [2.45, 2.75) is 19.8 Å². The highest BCUT2D eigenvalue weighted by molar-refractivity contribution is 9.10. The lowest BCUT2D eigenvalue weighted by molar-refractivity contribution is -0.116. The first-order valence-corrected chi connectivity index (χ1v) is 7.12. The molecule has 0 bridgehead atoms. The van der Waals surface area contributed by atoms with E-state index in [4.69, 9.17) is 4.74 Å². The summed E-state index contributed by atoms with van der Waals surface area (Å²) in [7, 11) is 0. The molecular weight excluding hydrogens is 322 g/mol. The smallest absolute Gasteiger partial charge is 0.225 e. The third-order valence-electron chi connectivity index (χ3n) is 2.72. The number of hydrogen-bond donors (Lipinski definition) is 2. The van der Waals surface area contributed by atoms with Crippen LogP contribution in [0.2, 0.25) is 0 Å². The van der Waals surface area contributed by atoms with E-state index in [9.17, 15) is 4.79 Å². The molecule has 0 saturated carbocycles. The average Bonchev–Trinajstić information content (AvgIpc) is 2.82. The average molecular weight is 338 g/mol. The zero-order valence-corrected chi connectivity index (χ0v) is 12.7. The van der Waals surface area contributed by atoms with Crippen molar-refractivity contribution in [3.63, 3.8) is 0 Å². The van der Waals surface area contributed by atoms with Gasteiger partial charge in [0.25, 0.3) is 0 Å². The molecule has 0 atom stereocenters. The molecule has 0 aliphatic rings. The molecule has 1 amide bonds. The molecule has 1 aromatic heterocycles. The summed E-state index contributed by atoms with van der Waals surface area (Å²) in [6, 6.07) is 7.61. The minimum atomic E-state index is -0.0447. The number of carbonyl (C=O) groups excluding carboxylic acids is 1. The largest absolute Gasteiger partial charge is 0.494 e. The van der Waals surface area contributed by atoms with Gasteiger partial charge in [-0.1, -0.05) is 15.9 Å². The van der Waals surface area contributed by atoms with Crippen molar-refractivity contribution in [1.82, 2.24) is 10.2 Å². The lowest BCUT2D eigenvalue weighted by atomic mass is 10.3. The number of hydrogen-bond acceptors (Lipinski definition) is 3. The topological polar surface area (TPSA) is 67.0 Å². The van der Waals surface area contributed by atoms with Gasteiger partial charge in [0.15, 0.2) is 0 Å². The number of H-pyrrole nitrogens is 1. The predicted molar refractivity (Wildman–Crippen MR) is 80.8 cm³/mol. The second-order valence-electron chi connectivity index (χ2n) is 4.38. The Morgan fingerprint density at radius 2 is 2.15 bits per heavy atom. The number of benzene rings is 1. The van der Waals surface area contributed by atoms with Crippen LogP contribution in [0.1, 0.15) is 18.4 Å². The van der Waals surface area contributed by atoms with E-state index in [1.807, 2.05) is 31.2 Å². The zero-order chi connectivity index (χ0) is 14.4. The van der Waals surface area contributed by atoms with E-state index in [0.717, 1.165) is 15.8 Å². The first-order chi connectivity index (χ1) is 9.65. The summed E-state index contributed by atoms with van der Waals surface area (Å²) in [4.78, 5) is 11.7. The number of amides is 1. The third-order valence-corrected chi connectivity index (χ3v) is 3.25. The molecule has 0 radical (unpaired) electrons. The Kier molecular flexibility index (Phi) is 5.17. The summed E-state index contributed by atoms with van der Waals surface area (Å²) >= 11 is 3.36. The quantitative estimate of drug-likeness (QED) is 0.795. The van der Waals surface area contributed by atoms with Gasteiger partial charge >= 0.3 is 0 Å². The van der Waals surface area contributed by atoms with Crippen LogP contribution in [0.25, 0.3) is 0 Å². The van der Waals surface area contributed by atoms with Gasteiger partial charge in [-0.15, -0.1) is 0 Å². The maximum Gasteiger partial charge on any atom is 0.225 e. The summed E-state index contributed by atoms with van der Waals surface area (Å²) in [6.45, 7) is 2.40. The number of nitrogens with zero attached hydrogens (tertiary/aromatic N) is 1. The van der Waals surface area contributed by atoms with Crippen LogP contribution in [0.15, 0.2) is 34.9 Å². The third kappa shape index (κ3) is 4.38. The minimum Gasteiger partial charge on any atom is -0.494 e. The lowest BCUT2D eigenvalue weighted by Gasteiger charge is -2.06. The number of carbonyl (C=O) groups is 1. The Labute approximate surface area is 125 Å². The molecule has 0 saturated heterocycles. The van der Waals surface area contributed by atoms with Gasteiger partial charge in [-0.3, -0.25) is 9.89 Å². The molecule has 0 unspecified atom stereocenters. The number of aromatic amines is 1. The fourth-order valence-corrected chi connectivity index (χ4v) is 1.89. The molecule has 2 N–H and O–H groups in total. The summed E-state index contributed by atoms with van der Waals surface area (Å²) in [5, 5.41) is 9.37. The van der Waals surface area contributed by atoms with Crippen LogP contribution >= 0.6 is 15.9 Å². The van der Waals surface area contributed by atoms with E-state index in [1.165, 1.54) is 0 Å². The van der Waals surface area contributed by atoms with Gasteiger partial charge in [0.05, 0.1) is 12.8 Å². The van der Waals surface area contributed by atoms with Gasteiger partial charge in [0.1, 0.15) is 11.6 Å². The molecule has 2 rings (SSSR count). The van der Waals surface area contributed by atoms with Crippen LogP contribution in [-0.4, -0.2) is 22.7 Å². The fourth-order valence-electron chi connectivity index (χ4n) is 1.63. The number of halogens is 1. The first-order valence-electron chi connectivity index (χ1n) is 6.33. The van der Waals surface area contributed by atoms with Crippen molar-refractivity contribution < 1.29 is 9.53 Å². The Balaban J connectivity index is 1.67. The Bertz CT molecular complexity index is 566. The highest BCUT2D eigenvalue weighted by Gasteiger charge is 2.06. The van der Waals surface area contributed by atoms with Crippen LogP contribution in [0.3, 0.4) is 0 Å². The summed E-state index contributed by atoms with van der Waals surface area (Å²) in [5.41, 5.74) is 0.921. The molecule has 20 heavy (non-hydrogen) atoms. The molecule has 0 spiro atoms. The monoisotopic (exact) mass is 337 g/mol. The number of aromatic nitrogens is 2. The van der Waals surface area contributed by atoms with E-state index in [0.29, 0.717) is 25.3 Å². The van der Waals surface area contributed by atoms with E-state index < -0.39 is 0 Å². The SMILES string of the molecule is Cc1cn[nH]c1NC(=O)CCCOc1ccc(Br)cc1. The minimum absolute atomic E-state index is 0.0447. The van der Waals surface area contributed by atoms with Gasteiger partial charge in [-0.25, -0.2) is 0 Å². The van der Waals surface area contributed by atoms with Gasteiger partial charge < -0.3 is 10.1 Å². The molecule has 0 aliphatic heterocycles. The second kappa shape index (κ2) is 7.09. The molecule has 5 nitrogen and oxygen atoms in total. The van der Waals surface area contributed by atoms with Crippen LogP contribution in [0.4, 0.5) is 5.82 Å². The van der Waals surface area contributed by atoms with Crippen LogP contribution in [0.5, 0.6) is 5.75 Å². The standard InChI is InChI=1S/C14H16BrN3O2/c1-10-9-16-18-14(10)17-13(19)3-2-8-20-12-6-4-11(15)5-7-12/h4-7,9H,2-3,8H2,1H3,(H2,16,17,18,19). The summed E-state index contributed by atoms with van der Waals surface area (Å²) < 4.78 is 6.56. The molecular formula is C14H16BrN3O2. The van der Waals surface area contributed by atoms with Crippen molar-refractivity contribution in [2.24, 2.45) is 0 Å². The molecule has 1 aromatic carbocycles. The number of nitrogens with one attached hydrogen (secondary N) is 2. The van der Waals surface area contributed by atoms with Crippen molar-refractivity contribution >= 4 is 27.7 Å². The Morgan fingerprint density at radius 3 is 2.80 bits per heavy atom. The van der Waals surface area contributed by atoms with Crippen molar-refractivity contribution in [3.05, 3.63) is 40.5 Å². The van der Waals surface area contributed by atoms with Gasteiger partial charge in [0, 0.05) is 16.5 Å². The van der Waals surface area contributed by atoms with Gasteiger partial charge in [-0.2, -0.15) is 5.10 Å². The van der Waals surface area contributed by atoms with Crippen molar-refractivity contribution in [3.8, 4) is 5.75 Å². The van der Waals surface area contributed by atoms with E-state index in [2.05, 4.69) is 31.4 Å². The Morgan fingerprint density at radius 1 is 1.40 bits per heavy atom. The maximum atomic E-state index is 11.7. The Hall–Kier alpha value is -1.82. The van der Waals surface area contributed by atoms with Crippen molar-refractivity contribution in [2.75, 3.05) is 11.9 Å². The maximum absolute atomic E-state index is 11.7. The first kappa shape index (κ1) is 14.6. The van der Waals surface area contributed by atoms with Crippen LogP contribution < -0.4 is 10.1 Å². The molecule has 1 heterocycles. The zero-order valence-electron chi connectivity index (χ0n) is 11.1. The highest BCUT2D eigenvalue weighted by atomic mass is 79.9. The summed E-state index contributed by atoms with van der Waals surface area (Å²) in [5.74, 6) is 1.42. The molecule has 0 fully saturated rings. The number of aryl methyl sites for hydroxylation is 1. The van der Waals surface area contributed by atoms with E-state index in [-0.39, 0.29) is 5.91 Å². The second-order valence-corrected chi connectivity index (χ2v) is 5.30. The van der Waals surface area contributed by atoms with Crippen LogP contribution in [-0.2, 0) is 4.79 Å². The van der Waals surface area contributed by atoms with E-state index in [1.54, 1.807) is 6.20 Å². The molecule has 6 heteroatoms. The van der Waals surface area contributed by atoms with Crippen molar-refractivity contribution in [1.29, 1.82) is 0 Å².